The molecular formula is C18H16BrN5O2. The Morgan fingerprint density at radius 3 is 2.88 bits per heavy atom. The molecule has 0 fully saturated rings. The maximum absolute atomic E-state index is 12.4. The van der Waals surface area contributed by atoms with E-state index >= 15 is 0 Å². The summed E-state index contributed by atoms with van der Waals surface area (Å²) in [7, 11) is 0. The van der Waals surface area contributed by atoms with Gasteiger partial charge in [0.15, 0.2) is 5.69 Å². The normalized spacial score (nSPS) is 16.1. The summed E-state index contributed by atoms with van der Waals surface area (Å²) in [5, 5.41) is 11.0. The number of carbonyl (C=O) groups excluding carboxylic acids is 1. The molecule has 1 unspecified atom stereocenters. The lowest BCUT2D eigenvalue weighted by atomic mass is 10.1. The Balaban J connectivity index is 1.45. The van der Waals surface area contributed by atoms with Crippen molar-refractivity contribution in [3.8, 4) is 0 Å². The third-order valence-corrected chi connectivity index (χ3v) is 4.74. The smallest absolute Gasteiger partial charge is 0.274 e. The van der Waals surface area contributed by atoms with Crippen LogP contribution in [0.1, 0.15) is 33.5 Å². The Morgan fingerprint density at radius 1 is 1.27 bits per heavy atom. The highest BCUT2D eigenvalue weighted by atomic mass is 79.9. The predicted octanol–water partition coefficient (Wildman–Crippen LogP) is 2.64. The largest absolute Gasteiger partial charge is 0.365 e. The van der Waals surface area contributed by atoms with E-state index in [2.05, 4.69) is 36.5 Å². The molecule has 1 aromatic carbocycles. The summed E-state index contributed by atoms with van der Waals surface area (Å²) in [6, 6.07) is 13.5. The highest BCUT2D eigenvalue weighted by Gasteiger charge is 2.27. The average molecular weight is 414 g/mol. The van der Waals surface area contributed by atoms with Gasteiger partial charge in [0, 0.05) is 10.7 Å². The Bertz CT molecular complexity index is 911. The fraction of sp³-hybridized carbons (Fsp3) is 0.222. The lowest BCUT2D eigenvalue weighted by Gasteiger charge is -2.24. The topological polar surface area (TPSA) is 81.9 Å². The first-order valence-corrected chi connectivity index (χ1v) is 8.97. The van der Waals surface area contributed by atoms with Crippen LogP contribution >= 0.6 is 15.9 Å². The zero-order chi connectivity index (χ0) is 17.9. The molecule has 2 aromatic heterocycles. The Morgan fingerprint density at radius 2 is 2.12 bits per heavy atom. The van der Waals surface area contributed by atoms with Gasteiger partial charge in [-0.15, -0.1) is 5.10 Å². The maximum atomic E-state index is 12.4. The van der Waals surface area contributed by atoms with Gasteiger partial charge in [0.05, 0.1) is 31.1 Å². The van der Waals surface area contributed by atoms with Crippen LogP contribution in [-0.2, 0) is 24.4 Å². The second-order valence-corrected chi connectivity index (χ2v) is 6.84. The van der Waals surface area contributed by atoms with Gasteiger partial charge in [-0.1, -0.05) is 39.3 Å². The van der Waals surface area contributed by atoms with E-state index in [1.54, 1.807) is 10.9 Å². The average Bonchev–Trinajstić information content (AvgIpc) is 3.11. The quantitative estimate of drug-likeness (QED) is 0.710. The summed E-state index contributed by atoms with van der Waals surface area (Å²) in [6.45, 7) is 1.16. The molecule has 26 heavy (non-hydrogen) atoms. The third-order valence-electron chi connectivity index (χ3n) is 4.21. The molecule has 0 spiro atoms. The minimum atomic E-state index is -0.275. The van der Waals surface area contributed by atoms with E-state index < -0.39 is 0 Å². The van der Waals surface area contributed by atoms with E-state index in [0.717, 1.165) is 15.7 Å². The minimum Gasteiger partial charge on any atom is -0.365 e. The van der Waals surface area contributed by atoms with Crippen LogP contribution in [0.15, 0.2) is 53.1 Å². The van der Waals surface area contributed by atoms with Crippen LogP contribution in [0.4, 0.5) is 0 Å². The van der Waals surface area contributed by atoms with Gasteiger partial charge >= 0.3 is 0 Å². The SMILES string of the molecule is O=C(NCc1ccccn1)c1nnn2c1COC(c1ccc(Br)cc1)C2. The van der Waals surface area contributed by atoms with Gasteiger partial charge in [-0.25, -0.2) is 4.68 Å². The summed E-state index contributed by atoms with van der Waals surface area (Å²) >= 11 is 3.43. The molecular weight excluding hydrogens is 398 g/mol. The van der Waals surface area contributed by atoms with E-state index in [1.165, 1.54) is 0 Å². The molecule has 1 aliphatic heterocycles. The molecule has 1 atom stereocenters. The molecule has 3 aromatic rings. The highest BCUT2D eigenvalue weighted by molar-refractivity contribution is 9.10. The number of pyridine rings is 1. The highest BCUT2D eigenvalue weighted by Crippen LogP contribution is 2.27. The van der Waals surface area contributed by atoms with Crippen molar-refractivity contribution in [2.45, 2.75) is 25.8 Å². The summed E-state index contributed by atoms with van der Waals surface area (Å²) in [6.07, 6.45) is 1.58. The molecule has 7 nitrogen and oxygen atoms in total. The van der Waals surface area contributed by atoms with Crippen molar-refractivity contribution in [3.05, 3.63) is 75.8 Å². The van der Waals surface area contributed by atoms with Crippen molar-refractivity contribution in [1.29, 1.82) is 0 Å². The fourth-order valence-corrected chi connectivity index (χ4v) is 3.09. The lowest BCUT2D eigenvalue weighted by Crippen LogP contribution is -2.27. The second-order valence-electron chi connectivity index (χ2n) is 5.92. The molecule has 8 heteroatoms. The standard InChI is InChI=1S/C18H16BrN5O2/c19-13-6-4-12(5-7-13)16-10-24-15(11-26-16)17(22-23-24)18(25)21-9-14-3-1-2-8-20-14/h1-8,16H,9-11H2,(H,21,25). The van der Waals surface area contributed by atoms with Crippen LogP contribution in [0.25, 0.3) is 0 Å². The summed E-state index contributed by atoms with van der Waals surface area (Å²) in [5.41, 5.74) is 2.84. The number of nitrogens with zero attached hydrogens (tertiary/aromatic N) is 4. The van der Waals surface area contributed by atoms with Crippen molar-refractivity contribution in [1.82, 2.24) is 25.3 Å². The van der Waals surface area contributed by atoms with Crippen LogP contribution in [0, 0.1) is 0 Å². The van der Waals surface area contributed by atoms with Crippen LogP contribution in [0.2, 0.25) is 0 Å². The number of benzene rings is 1. The molecule has 1 N–H and O–H groups in total. The molecule has 1 amide bonds. The number of aromatic nitrogens is 4. The van der Waals surface area contributed by atoms with Crippen LogP contribution in [0.3, 0.4) is 0 Å². The Kier molecular flexibility index (Phi) is 4.77. The number of halogens is 1. The molecule has 0 saturated heterocycles. The van der Waals surface area contributed by atoms with E-state index in [1.807, 2.05) is 42.5 Å². The van der Waals surface area contributed by atoms with Crippen LogP contribution in [-0.4, -0.2) is 25.9 Å². The predicted molar refractivity (Wildman–Crippen MR) is 97.1 cm³/mol. The number of fused-ring (bicyclic) bond motifs is 1. The van der Waals surface area contributed by atoms with Gasteiger partial charge in [-0.3, -0.25) is 9.78 Å². The van der Waals surface area contributed by atoms with Crippen LogP contribution < -0.4 is 5.32 Å². The van der Waals surface area contributed by atoms with Crippen molar-refractivity contribution < 1.29 is 9.53 Å². The summed E-state index contributed by atoms with van der Waals surface area (Å²) < 4.78 is 8.69. The van der Waals surface area contributed by atoms with E-state index in [0.29, 0.717) is 31.1 Å². The fourth-order valence-electron chi connectivity index (χ4n) is 2.82. The van der Waals surface area contributed by atoms with Gasteiger partial charge in [0.2, 0.25) is 0 Å². The number of carbonyl (C=O) groups is 1. The maximum Gasteiger partial charge on any atom is 0.274 e. The molecule has 3 heterocycles. The summed E-state index contributed by atoms with van der Waals surface area (Å²) in [4.78, 5) is 16.6. The summed E-state index contributed by atoms with van der Waals surface area (Å²) in [5.74, 6) is -0.275. The number of rotatable bonds is 4. The zero-order valence-electron chi connectivity index (χ0n) is 13.8. The van der Waals surface area contributed by atoms with Gasteiger partial charge < -0.3 is 10.1 Å². The number of amides is 1. The van der Waals surface area contributed by atoms with Gasteiger partial charge in [0.25, 0.3) is 5.91 Å². The molecule has 0 aliphatic carbocycles. The number of hydrogen-bond acceptors (Lipinski definition) is 5. The van der Waals surface area contributed by atoms with Gasteiger partial charge in [-0.05, 0) is 29.8 Å². The monoisotopic (exact) mass is 413 g/mol. The zero-order valence-corrected chi connectivity index (χ0v) is 15.4. The molecule has 132 valence electrons. The first-order valence-electron chi connectivity index (χ1n) is 8.18. The minimum absolute atomic E-state index is 0.110. The van der Waals surface area contributed by atoms with Crippen LogP contribution in [0.5, 0.6) is 0 Å². The number of nitrogens with one attached hydrogen (secondary N) is 1. The molecule has 0 bridgehead atoms. The molecule has 1 aliphatic rings. The van der Waals surface area contributed by atoms with Gasteiger partial charge in [-0.2, -0.15) is 0 Å². The first-order chi connectivity index (χ1) is 12.7. The molecule has 4 rings (SSSR count). The molecule has 0 radical (unpaired) electrons. The van der Waals surface area contributed by atoms with Crippen molar-refractivity contribution in [2.24, 2.45) is 0 Å². The Hall–Kier alpha value is -2.58. The number of hydrogen-bond donors (Lipinski definition) is 1. The first kappa shape index (κ1) is 16.9. The third kappa shape index (κ3) is 3.51. The van der Waals surface area contributed by atoms with E-state index in [-0.39, 0.29) is 12.0 Å². The van der Waals surface area contributed by atoms with Crippen molar-refractivity contribution in [2.75, 3.05) is 0 Å². The Labute approximate surface area is 158 Å². The van der Waals surface area contributed by atoms with E-state index in [9.17, 15) is 4.79 Å². The number of ether oxygens (including phenoxy) is 1. The van der Waals surface area contributed by atoms with E-state index in [4.69, 9.17) is 4.74 Å². The van der Waals surface area contributed by atoms with Crippen molar-refractivity contribution >= 4 is 21.8 Å². The molecule has 0 saturated carbocycles. The van der Waals surface area contributed by atoms with Crippen molar-refractivity contribution in [3.63, 3.8) is 0 Å². The lowest BCUT2D eigenvalue weighted by molar-refractivity contribution is -0.00177. The van der Waals surface area contributed by atoms with Gasteiger partial charge in [0.1, 0.15) is 6.10 Å². The second kappa shape index (κ2) is 7.35.